The van der Waals surface area contributed by atoms with E-state index < -0.39 is 13.6 Å². The lowest BCUT2D eigenvalue weighted by Crippen LogP contribution is -1.89. The van der Waals surface area contributed by atoms with Crippen molar-refractivity contribution >= 4 is 14.4 Å². The molecule has 1 aromatic rings. The summed E-state index contributed by atoms with van der Waals surface area (Å²) in [7, 11) is -0.392. The van der Waals surface area contributed by atoms with Gasteiger partial charge in [-0.05, 0) is 17.7 Å². The average Bonchev–Trinajstić information content (AvgIpc) is 2.15. The summed E-state index contributed by atoms with van der Waals surface area (Å²) >= 11 is 0. The molecular formula is C7H6NO4P. The molecule has 0 bridgehead atoms. The van der Waals surface area contributed by atoms with E-state index in [1.165, 1.54) is 12.1 Å². The van der Waals surface area contributed by atoms with E-state index in [-0.39, 0.29) is 12.3 Å². The van der Waals surface area contributed by atoms with Gasteiger partial charge in [-0.3, -0.25) is 14.6 Å². The molecule has 13 heavy (non-hydrogen) atoms. The lowest BCUT2D eigenvalue weighted by molar-refractivity contribution is -0.384. The monoisotopic (exact) mass is 199 g/mol. The van der Waals surface area contributed by atoms with Crippen LogP contribution in [0.5, 0.6) is 0 Å². The molecule has 0 aliphatic rings. The van der Waals surface area contributed by atoms with E-state index in [1.54, 1.807) is 12.1 Å². The molecule has 1 rings (SSSR count). The van der Waals surface area contributed by atoms with E-state index >= 15 is 0 Å². The summed E-state index contributed by atoms with van der Waals surface area (Å²) in [6.45, 7) is 0.184. The van der Waals surface area contributed by atoms with Gasteiger partial charge in [0.15, 0.2) is 0 Å². The van der Waals surface area contributed by atoms with E-state index in [1.807, 2.05) is 0 Å². The van der Waals surface area contributed by atoms with Crippen molar-refractivity contribution in [1.82, 2.24) is 0 Å². The average molecular weight is 199 g/mol. The molecule has 0 N–H and O–H groups in total. The predicted octanol–water partition coefficient (Wildman–Crippen LogP) is 2.32. The molecule has 0 saturated heterocycles. The Balaban J connectivity index is 2.69. The number of benzene rings is 1. The first-order chi connectivity index (χ1) is 6.24. The topological polar surface area (TPSA) is 69.4 Å². The van der Waals surface area contributed by atoms with Crippen molar-refractivity contribution in [3.63, 3.8) is 0 Å². The number of nitro groups is 1. The second-order valence-corrected chi connectivity index (χ2v) is 2.68. The van der Waals surface area contributed by atoms with Crippen LogP contribution in [0.3, 0.4) is 0 Å². The third-order valence-corrected chi connectivity index (χ3v) is 1.67. The van der Waals surface area contributed by atoms with Crippen LogP contribution in [0.1, 0.15) is 5.56 Å². The Labute approximate surface area is 75.8 Å². The molecule has 6 heteroatoms. The van der Waals surface area contributed by atoms with Crippen LogP contribution in [-0.4, -0.2) is 4.92 Å². The van der Waals surface area contributed by atoms with Crippen LogP contribution in [0, 0.1) is 10.1 Å². The zero-order chi connectivity index (χ0) is 9.68. The summed E-state index contributed by atoms with van der Waals surface area (Å²) in [6, 6.07) is 5.87. The molecule has 0 fully saturated rings. The molecular weight excluding hydrogens is 193 g/mol. The molecule has 1 aromatic carbocycles. The molecule has 0 aliphatic carbocycles. The Morgan fingerprint density at radius 3 is 2.46 bits per heavy atom. The molecule has 0 aromatic heterocycles. The lowest BCUT2D eigenvalue weighted by atomic mass is 10.2. The SMILES string of the molecule is O=POCc1ccc([N+](=O)[O-])cc1. The van der Waals surface area contributed by atoms with Crippen LogP contribution >= 0.6 is 8.69 Å². The van der Waals surface area contributed by atoms with Gasteiger partial charge in [-0.1, -0.05) is 0 Å². The molecule has 0 radical (unpaired) electrons. The van der Waals surface area contributed by atoms with Crippen molar-refractivity contribution in [1.29, 1.82) is 0 Å². The van der Waals surface area contributed by atoms with Crippen LogP contribution in [0.2, 0.25) is 0 Å². The molecule has 68 valence electrons. The summed E-state index contributed by atoms with van der Waals surface area (Å²) in [5.41, 5.74) is 0.775. The molecule has 0 heterocycles. The summed E-state index contributed by atoms with van der Waals surface area (Å²) < 4.78 is 14.5. The number of rotatable bonds is 4. The van der Waals surface area contributed by atoms with E-state index in [0.717, 1.165) is 5.56 Å². The Hall–Kier alpha value is -1.32. The van der Waals surface area contributed by atoms with Crippen molar-refractivity contribution < 1.29 is 14.0 Å². The van der Waals surface area contributed by atoms with Gasteiger partial charge >= 0.3 is 8.69 Å². The highest BCUT2D eigenvalue weighted by molar-refractivity contribution is 7.17. The van der Waals surface area contributed by atoms with Gasteiger partial charge in [-0.25, -0.2) is 4.57 Å². The van der Waals surface area contributed by atoms with Crippen LogP contribution in [0.15, 0.2) is 24.3 Å². The minimum absolute atomic E-state index is 0.0309. The van der Waals surface area contributed by atoms with Gasteiger partial charge in [0.2, 0.25) is 0 Å². The van der Waals surface area contributed by atoms with Gasteiger partial charge in [-0.15, -0.1) is 0 Å². The van der Waals surface area contributed by atoms with Crippen molar-refractivity contribution in [3.05, 3.63) is 39.9 Å². The summed E-state index contributed by atoms with van der Waals surface area (Å²) in [5.74, 6) is 0. The standard InChI is InChI=1S/C7H6NO4P/c9-8(10)7-3-1-6(2-4-7)5-12-13-11/h1-4H,5H2. The van der Waals surface area contributed by atoms with Gasteiger partial charge in [0.05, 0.1) is 11.5 Å². The van der Waals surface area contributed by atoms with Crippen LogP contribution < -0.4 is 0 Å². The number of non-ortho nitro benzene ring substituents is 1. The molecule has 0 amide bonds. The second kappa shape index (κ2) is 4.64. The Bertz CT molecular complexity index is 311. The molecule has 0 spiro atoms. The minimum atomic E-state index is -0.476. The largest absolute Gasteiger partial charge is 0.327 e. The number of hydrogen-bond acceptors (Lipinski definition) is 4. The van der Waals surface area contributed by atoms with E-state index in [4.69, 9.17) is 0 Å². The van der Waals surface area contributed by atoms with Gasteiger partial charge in [0.1, 0.15) is 0 Å². The third-order valence-electron chi connectivity index (χ3n) is 1.43. The number of nitrogens with zero attached hydrogens (tertiary/aromatic N) is 1. The highest BCUT2D eigenvalue weighted by Gasteiger charge is 2.03. The molecule has 0 saturated carbocycles. The van der Waals surface area contributed by atoms with Crippen LogP contribution in [-0.2, 0) is 15.7 Å². The Morgan fingerprint density at radius 1 is 1.38 bits per heavy atom. The minimum Gasteiger partial charge on any atom is -0.290 e. The van der Waals surface area contributed by atoms with Gasteiger partial charge in [-0.2, -0.15) is 0 Å². The lowest BCUT2D eigenvalue weighted by Gasteiger charge is -1.95. The molecule has 0 atom stereocenters. The van der Waals surface area contributed by atoms with Gasteiger partial charge in [0, 0.05) is 12.1 Å². The van der Waals surface area contributed by atoms with Gasteiger partial charge < -0.3 is 0 Å². The van der Waals surface area contributed by atoms with Crippen molar-refractivity contribution in [2.24, 2.45) is 0 Å². The Kier molecular flexibility index (Phi) is 3.49. The van der Waals surface area contributed by atoms with Crippen molar-refractivity contribution in [2.75, 3.05) is 0 Å². The first kappa shape index (κ1) is 9.77. The fourth-order valence-electron chi connectivity index (χ4n) is 0.815. The fourth-order valence-corrected chi connectivity index (χ4v) is 1.02. The zero-order valence-corrected chi connectivity index (χ0v) is 7.44. The van der Waals surface area contributed by atoms with Gasteiger partial charge in [0.25, 0.3) is 5.69 Å². The number of hydrogen-bond donors (Lipinski definition) is 0. The van der Waals surface area contributed by atoms with Crippen molar-refractivity contribution in [2.45, 2.75) is 6.61 Å². The highest BCUT2D eigenvalue weighted by Crippen LogP contribution is 2.13. The first-order valence-electron chi connectivity index (χ1n) is 3.42. The summed E-state index contributed by atoms with van der Waals surface area (Å²) in [4.78, 5) is 9.77. The quantitative estimate of drug-likeness (QED) is 0.423. The maximum Gasteiger partial charge on any atom is 0.327 e. The number of nitro benzene ring substituents is 1. The van der Waals surface area contributed by atoms with E-state index in [0.29, 0.717) is 0 Å². The molecule has 5 nitrogen and oxygen atoms in total. The first-order valence-corrected chi connectivity index (χ1v) is 4.15. The fraction of sp³-hybridized carbons (Fsp3) is 0.143. The van der Waals surface area contributed by atoms with E-state index in [2.05, 4.69) is 4.52 Å². The van der Waals surface area contributed by atoms with Crippen LogP contribution in [0.25, 0.3) is 0 Å². The summed E-state index contributed by atoms with van der Waals surface area (Å²) in [5, 5.41) is 10.2. The smallest absolute Gasteiger partial charge is 0.290 e. The summed E-state index contributed by atoms with van der Waals surface area (Å²) in [6.07, 6.45) is 0. The molecule has 0 aliphatic heterocycles. The zero-order valence-electron chi connectivity index (χ0n) is 6.54. The third kappa shape index (κ3) is 2.89. The molecule has 0 unspecified atom stereocenters. The maximum atomic E-state index is 10.2. The maximum absolute atomic E-state index is 10.2. The second-order valence-electron chi connectivity index (χ2n) is 2.27. The Morgan fingerprint density at radius 2 is 2.00 bits per heavy atom. The van der Waals surface area contributed by atoms with E-state index in [9.17, 15) is 14.7 Å². The van der Waals surface area contributed by atoms with Crippen LogP contribution in [0.4, 0.5) is 5.69 Å². The highest BCUT2D eigenvalue weighted by atomic mass is 31.1. The van der Waals surface area contributed by atoms with Crippen molar-refractivity contribution in [3.8, 4) is 0 Å². The predicted molar refractivity (Wildman–Crippen MR) is 45.5 cm³/mol. The normalized spacial score (nSPS) is 10.2.